The molecule has 0 aliphatic rings. The van der Waals surface area contributed by atoms with Crippen LogP contribution in [-0.4, -0.2) is 48.3 Å². The van der Waals surface area contributed by atoms with Crippen molar-refractivity contribution in [3.05, 3.63) is 0 Å². The van der Waals surface area contributed by atoms with Gasteiger partial charge >= 0.3 is 5.97 Å². The summed E-state index contributed by atoms with van der Waals surface area (Å²) in [5.41, 5.74) is -0.730. The third kappa shape index (κ3) is 6.47. The molecule has 1 atom stereocenters. The van der Waals surface area contributed by atoms with E-state index >= 15 is 0 Å². The number of carbonyl (C=O) groups is 1. The SMILES string of the molecule is CCN(CC(C)C(=O)OC)CC(C)(C)O. The van der Waals surface area contributed by atoms with Gasteiger partial charge in [0.1, 0.15) is 0 Å². The van der Waals surface area contributed by atoms with Crippen molar-refractivity contribution in [1.82, 2.24) is 4.90 Å². The Hall–Kier alpha value is -0.610. The number of esters is 1. The molecule has 0 aliphatic heterocycles. The summed E-state index contributed by atoms with van der Waals surface area (Å²) in [5, 5.41) is 9.67. The second-order valence-electron chi connectivity index (χ2n) is 4.56. The Kier molecular flexibility index (Phi) is 5.83. The fraction of sp³-hybridized carbons (Fsp3) is 0.909. The average Bonchev–Trinajstić information content (AvgIpc) is 2.13. The molecule has 1 unspecified atom stereocenters. The molecule has 0 saturated carbocycles. The summed E-state index contributed by atoms with van der Waals surface area (Å²) in [6.07, 6.45) is 0. The molecule has 0 radical (unpaired) electrons. The highest BCUT2D eigenvalue weighted by atomic mass is 16.5. The molecular formula is C11H23NO3. The maximum Gasteiger partial charge on any atom is 0.309 e. The van der Waals surface area contributed by atoms with Crippen molar-refractivity contribution in [3.8, 4) is 0 Å². The van der Waals surface area contributed by atoms with E-state index in [-0.39, 0.29) is 11.9 Å². The fourth-order valence-corrected chi connectivity index (χ4v) is 1.52. The molecule has 0 aromatic rings. The predicted molar refractivity (Wildman–Crippen MR) is 59.6 cm³/mol. The van der Waals surface area contributed by atoms with Gasteiger partial charge in [0, 0.05) is 13.1 Å². The van der Waals surface area contributed by atoms with Crippen molar-refractivity contribution in [1.29, 1.82) is 0 Å². The Morgan fingerprint density at radius 1 is 1.53 bits per heavy atom. The molecule has 15 heavy (non-hydrogen) atoms. The van der Waals surface area contributed by atoms with Crippen LogP contribution in [0.1, 0.15) is 27.7 Å². The predicted octanol–water partition coefficient (Wildman–Crippen LogP) is 0.888. The molecule has 1 N–H and O–H groups in total. The minimum atomic E-state index is -0.730. The first-order valence-electron chi connectivity index (χ1n) is 5.32. The van der Waals surface area contributed by atoms with Gasteiger partial charge in [-0.2, -0.15) is 0 Å². The lowest BCUT2D eigenvalue weighted by atomic mass is 10.1. The Labute approximate surface area is 92.2 Å². The van der Waals surface area contributed by atoms with E-state index in [0.717, 1.165) is 6.54 Å². The summed E-state index contributed by atoms with van der Waals surface area (Å²) in [6, 6.07) is 0. The molecule has 0 bridgehead atoms. The van der Waals surface area contributed by atoms with E-state index in [0.29, 0.717) is 13.1 Å². The van der Waals surface area contributed by atoms with Crippen LogP contribution in [0.25, 0.3) is 0 Å². The Balaban J connectivity index is 4.15. The molecule has 90 valence electrons. The normalized spacial score (nSPS) is 14.1. The minimum Gasteiger partial charge on any atom is -0.469 e. The number of aliphatic hydroxyl groups is 1. The number of ether oxygens (including phenoxy) is 1. The number of methoxy groups -OCH3 is 1. The molecule has 0 fully saturated rings. The third-order valence-corrected chi connectivity index (χ3v) is 2.19. The largest absolute Gasteiger partial charge is 0.469 e. The maximum atomic E-state index is 11.2. The second-order valence-corrected chi connectivity index (χ2v) is 4.56. The average molecular weight is 217 g/mol. The highest BCUT2D eigenvalue weighted by Crippen LogP contribution is 2.08. The maximum absolute atomic E-state index is 11.2. The standard InChI is InChI=1S/C11H23NO3/c1-6-12(8-11(3,4)14)7-9(2)10(13)15-5/h9,14H,6-8H2,1-5H3. The van der Waals surface area contributed by atoms with Crippen molar-refractivity contribution in [2.75, 3.05) is 26.7 Å². The van der Waals surface area contributed by atoms with Crippen molar-refractivity contribution >= 4 is 5.97 Å². The minimum absolute atomic E-state index is 0.155. The van der Waals surface area contributed by atoms with Gasteiger partial charge in [-0.15, -0.1) is 0 Å². The quantitative estimate of drug-likeness (QED) is 0.671. The molecule has 0 aromatic heterocycles. The highest BCUT2D eigenvalue weighted by molar-refractivity contribution is 5.72. The van der Waals surface area contributed by atoms with Gasteiger partial charge in [0.2, 0.25) is 0 Å². The van der Waals surface area contributed by atoms with Crippen LogP contribution in [0.3, 0.4) is 0 Å². The number of hydrogen-bond donors (Lipinski definition) is 1. The first-order valence-corrected chi connectivity index (χ1v) is 5.32. The number of likely N-dealkylation sites (N-methyl/N-ethyl adjacent to an activating group) is 1. The molecule has 0 aromatic carbocycles. The number of hydrogen-bond acceptors (Lipinski definition) is 4. The molecule has 0 spiro atoms. The summed E-state index contributed by atoms with van der Waals surface area (Å²) >= 11 is 0. The van der Waals surface area contributed by atoms with Crippen LogP contribution >= 0.6 is 0 Å². The van der Waals surface area contributed by atoms with E-state index in [1.165, 1.54) is 7.11 Å². The molecule has 0 saturated heterocycles. The lowest BCUT2D eigenvalue weighted by Crippen LogP contribution is -2.41. The molecule has 0 amide bonds. The van der Waals surface area contributed by atoms with Gasteiger partial charge in [-0.1, -0.05) is 13.8 Å². The van der Waals surface area contributed by atoms with Gasteiger partial charge in [0.15, 0.2) is 0 Å². The van der Waals surface area contributed by atoms with Crippen LogP contribution in [0, 0.1) is 5.92 Å². The van der Waals surface area contributed by atoms with Gasteiger partial charge in [-0.3, -0.25) is 9.69 Å². The summed E-state index contributed by atoms with van der Waals surface area (Å²) in [5.74, 6) is -0.360. The van der Waals surface area contributed by atoms with Crippen LogP contribution in [0.2, 0.25) is 0 Å². The first-order chi connectivity index (χ1) is 6.80. The Bertz CT molecular complexity index is 198. The van der Waals surface area contributed by atoms with Crippen LogP contribution in [-0.2, 0) is 9.53 Å². The van der Waals surface area contributed by atoms with Crippen LogP contribution in [0.4, 0.5) is 0 Å². The van der Waals surface area contributed by atoms with Gasteiger partial charge < -0.3 is 9.84 Å². The zero-order chi connectivity index (χ0) is 12.1. The third-order valence-electron chi connectivity index (χ3n) is 2.19. The summed E-state index contributed by atoms with van der Waals surface area (Å²) in [4.78, 5) is 13.3. The first kappa shape index (κ1) is 14.4. The van der Waals surface area contributed by atoms with E-state index < -0.39 is 5.60 Å². The van der Waals surface area contributed by atoms with Crippen LogP contribution < -0.4 is 0 Å². The molecular weight excluding hydrogens is 194 g/mol. The molecule has 0 rings (SSSR count). The summed E-state index contributed by atoms with van der Waals surface area (Å²) < 4.78 is 4.66. The fourth-order valence-electron chi connectivity index (χ4n) is 1.52. The van der Waals surface area contributed by atoms with E-state index in [9.17, 15) is 9.90 Å². The summed E-state index contributed by atoms with van der Waals surface area (Å²) in [7, 11) is 1.39. The molecule has 0 aliphatic carbocycles. The summed E-state index contributed by atoms with van der Waals surface area (Å²) in [6.45, 7) is 9.36. The Morgan fingerprint density at radius 3 is 2.40 bits per heavy atom. The van der Waals surface area contributed by atoms with Gasteiger partial charge in [-0.05, 0) is 20.4 Å². The van der Waals surface area contributed by atoms with Crippen molar-refractivity contribution in [2.45, 2.75) is 33.3 Å². The van der Waals surface area contributed by atoms with Crippen molar-refractivity contribution < 1.29 is 14.6 Å². The monoisotopic (exact) mass is 217 g/mol. The zero-order valence-electron chi connectivity index (χ0n) is 10.4. The van der Waals surface area contributed by atoms with Crippen molar-refractivity contribution in [2.24, 2.45) is 5.92 Å². The lowest BCUT2D eigenvalue weighted by molar-refractivity contribution is -0.145. The molecule has 4 heteroatoms. The number of carbonyl (C=O) groups excluding carboxylic acids is 1. The highest BCUT2D eigenvalue weighted by Gasteiger charge is 2.21. The Morgan fingerprint density at radius 2 is 2.07 bits per heavy atom. The molecule has 4 nitrogen and oxygen atoms in total. The second kappa shape index (κ2) is 6.08. The molecule has 0 heterocycles. The van der Waals surface area contributed by atoms with Gasteiger partial charge in [-0.25, -0.2) is 0 Å². The number of nitrogens with zero attached hydrogens (tertiary/aromatic N) is 1. The van der Waals surface area contributed by atoms with E-state index in [2.05, 4.69) is 4.74 Å². The topological polar surface area (TPSA) is 49.8 Å². The van der Waals surface area contributed by atoms with Crippen LogP contribution in [0.15, 0.2) is 0 Å². The van der Waals surface area contributed by atoms with E-state index in [4.69, 9.17) is 0 Å². The van der Waals surface area contributed by atoms with Gasteiger partial charge in [0.05, 0.1) is 18.6 Å². The van der Waals surface area contributed by atoms with Gasteiger partial charge in [0.25, 0.3) is 0 Å². The van der Waals surface area contributed by atoms with Crippen molar-refractivity contribution in [3.63, 3.8) is 0 Å². The van der Waals surface area contributed by atoms with E-state index in [1.54, 1.807) is 13.8 Å². The van der Waals surface area contributed by atoms with E-state index in [1.807, 2.05) is 18.7 Å². The smallest absolute Gasteiger partial charge is 0.309 e. The zero-order valence-corrected chi connectivity index (χ0v) is 10.4. The lowest BCUT2D eigenvalue weighted by Gasteiger charge is -2.29. The van der Waals surface area contributed by atoms with Crippen LogP contribution in [0.5, 0.6) is 0 Å². The number of rotatable bonds is 6.